The van der Waals surface area contributed by atoms with Crippen molar-refractivity contribution in [2.45, 2.75) is 39.7 Å². The largest absolute Gasteiger partial charge is 0.323 e. The molecule has 3 amide bonds. The average Bonchev–Trinajstić information content (AvgIpc) is 3.01. The fourth-order valence-corrected chi connectivity index (χ4v) is 3.13. The van der Waals surface area contributed by atoms with E-state index < -0.39 is 29.5 Å². The molecule has 0 saturated carbocycles. The van der Waals surface area contributed by atoms with Crippen LogP contribution in [-0.4, -0.2) is 29.5 Å². The molecule has 0 aliphatic carbocycles. The van der Waals surface area contributed by atoms with Gasteiger partial charge in [-0.1, -0.05) is 26.0 Å². The molecule has 1 unspecified atom stereocenters. The van der Waals surface area contributed by atoms with E-state index in [0.29, 0.717) is 5.69 Å². The zero-order chi connectivity index (χ0) is 21.8. The van der Waals surface area contributed by atoms with Gasteiger partial charge in [0.15, 0.2) is 5.78 Å². The Hall–Kier alpha value is -3.68. The monoisotopic (exact) mass is 406 g/mol. The van der Waals surface area contributed by atoms with E-state index in [0.717, 1.165) is 24.0 Å². The Morgan fingerprint density at radius 1 is 1.00 bits per heavy atom. The third-order valence-electron chi connectivity index (χ3n) is 4.86. The van der Waals surface area contributed by atoms with Crippen LogP contribution in [0.25, 0.3) is 0 Å². The molecule has 0 bridgehead atoms. The van der Waals surface area contributed by atoms with Crippen molar-refractivity contribution in [1.82, 2.24) is 5.32 Å². The molecule has 0 fully saturated rings. The number of hydrogen-bond donors (Lipinski definition) is 2. The zero-order valence-electron chi connectivity index (χ0n) is 17.0. The molecule has 2 N–H and O–H groups in total. The molecule has 8 nitrogen and oxygen atoms in total. The van der Waals surface area contributed by atoms with Crippen molar-refractivity contribution >= 4 is 34.9 Å². The number of nitrogens with one attached hydrogen (secondary N) is 2. The van der Waals surface area contributed by atoms with Crippen LogP contribution in [0.15, 0.2) is 46.6 Å². The predicted octanol–water partition coefficient (Wildman–Crippen LogP) is 3.38. The summed E-state index contributed by atoms with van der Waals surface area (Å²) in [5.41, 5.74) is 3.37. The lowest BCUT2D eigenvalue weighted by Crippen LogP contribution is -2.32. The van der Waals surface area contributed by atoms with E-state index in [1.807, 2.05) is 32.0 Å². The normalized spacial score (nSPS) is 13.8. The molecular weight excluding hydrogens is 384 g/mol. The molecule has 0 radical (unpaired) electrons. The highest BCUT2D eigenvalue weighted by Crippen LogP contribution is 2.23. The number of carbonyl (C=O) groups excluding carboxylic acids is 4. The number of benzene rings is 2. The maximum atomic E-state index is 12.7. The van der Waals surface area contributed by atoms with Gasteiger partial charge in [0.05, 0.1) is 16.8 Å². The van der Waals surface area contributed by atoms with E-state index in [-0.39, 0.29) is 16.8 Å². The van der Waals surface area contributed by atoms with Gasteiger partial charge in [0, 0.05) is 5.69 Å². The minimum Gasteiger partial charge on any atom is -0.323 e. The molecule has 0 spiro atoms. The van der Waals surface area contributed by atoms with Crippen LogP contribution in [0.4, 0.5) is 11.4 Å². The molecule has 154 valence electrons. The Morgan fingerprint density at radius 3 is 2.40 bits per heavy atom. The molecule has 1 atom stereocenters. The molecule has 0 aromatic heterocycles. The first kappa shape index (κ1) is 21.0. The molecule has 3 rings (SSSR count). The lowest BCUT2D eigenvalue weighted by Gasteiger charge is -2.14. The topological polar surface area (TPSA) is 117 Å². The number of anilines is 1. The van der Waals surface area contributed by atoms with Crippen molar-refractivity contribution in [1.29, 1.82) is 0 Å². The maximum Gasteiger partial charge on any atom is 0.259 e. The van der Waals surface area contributed by atoms with Crippen LogP contribution in [0.5, 0.6) is 0 Å². The summed E-state index contributed by atoms with van der Waals surface area (Å²) in [6, 6.07) is 8.87. The number of amides is 3. The molecule has 30 heavy (non-hydrogen) atoms. The minimum atomic E-state index is -1.33. The molecule has 2 aromatic carbocycles. The number of hydrogen-bond acceptors (Lipinski definition) is 6. The van der Waals surface area contributed by atoms with Gasteiger partial charge < -0.3 is 5.32 Å². The number of fused-ring (bicyclic) bond motifs is 1. The van der Waals surface area contributed by atoms with E-state index >= 15 is 0 Å². The highest BCUT2D eigenvalue weighted by atomic mass is 16.2. The van der Waals surface area contributed by atoms with Gasteiger partial charge in [-0.15, -0.1) is 0 Å². The SMILES string of the molecule is CCc1ccc(CC)c(NC(=O)C(N=Nc2ccc3c(c2)C(=O)NC3=O)C(C)=O)c1. The summed E-state index contributed by atoms with van der Waals surface area (Å²) in [6.45, 7) is 5.26. The van der Waals surface area contributed by atoms with Crippen molar-refractivity contribution in [3.05, 3.63) is 58.7 Å². The Balaban J connectivity index is 1.82. The second-order valence-corrected chi connectivity index (χ2v) is 6.93. The first-order chi connectivity index (χ1) is 14.3. The van der Waals surface area contributed by atoms with Crippen LogP contribution >= 0.6 is 0 Å². The lowest BCUT2D eigenvalue weighted by molar-refractivity contribution is -0.126. The van der Waals surface area contributed by atoms with Crippen molar-refractivity contribution in [2.75, 3.05) is 5.32 Å². The van der Waals surface area contributed by atoms with Crippen LogP contribution < -0.4 is 10.6 Å². The van der Waals surface area contributed by atoms with Crippen LogP contribution in [0, 0.1) is 0 Å². The van der Waals surface area contributed by atoms with Crippen molar-refractivity contribution in [3.63, 3.8) is 0 Å². The van der Waals surface area contributed by atoms with Crippen LogP contribution in [0.3, 0.4) is 0 Å². The molecule has 0 saturated heterocycles. The van der Waals surface area contributed by atoms with Gasteiger partial charge >= 0.3 is 0 Å². The summed E-state index contributed by atoms with van der Waals surface area (Å²) in [7, 11) is 0. The highest BCUT2D eigenvalue weighted by Gasteiger charge is 2.27. The van der Waals surface area contributed by atoms with Crippen molar-refractivity contribution in [2.24, 2.45) is 10.2 Å². The number of azo groups is 1. The summed E-state index contributed by atoms with van der Waals surface area (Å²) in [5.74, 6) is -2.03. The number of ketones is 1. The molecule has 1 aliphatic heterocycles. The second-order valence-electron chi connectivity index (χ2n) is 6.93. The smallest absolute Gasteiger partial charge is 0.259 e. The molecule has 1 heterocycles. The highest BCUT2D eigenvalue weighted by molar-refractivity contribution is 6.21. The zero-order valence-corrected chi connectivity index (χ0v) is 17.0. The van der Waals surface area contributed by atoms with E-state index in [1.54, 1.807) is 0 Å². The Kier molecular flexibility index (Phi) is 6.15. The standard InChI is InChI=1S/C22H22N4O4/c1-4-13-6-7-14(5-2)18(10-13)23-22(30)19(12(3)27)26-25-15-8-9-16-17(11-15)21(29)24-20(16)28/h6-11,19H,4-5H2,1-3H3,(H,23,30)(H,24,28,29). The van der Waals surface area contributed by atoms with Gasteiger partial charge in [-0.2, -0.15) is 10.2 Å². The minimum absolute atomic E-state index is 0.184. The quantitative estimate of drug-likeness (QED) is 0.416. The summed E-state index contributed by atoms with van der Waals surface area (Å²) < 4.78 is 0. The number of Topliss-reactive ketones (excluding diaryl/α,β-unsaturated/α-hetero) is 1. The lowest BCUT2D eigenvalue weighted by atomic mass is 10.0. The maximum absolute atomic E-state index is 12.7. The molecule has 1 aliphatic rings. The Morgan fingerprint density at radius 2 is 1.73 bits per heavy atom. The number of nitrogens with zero attached hydrogens (tertiary/aromatic N) is 2. The van der Waals surface area contributed by atoms with E-state index in [4.69, 9.17) is 0 Å². The first-order valence-corrected chi connectivity index (χ1v) is 9.67. The van der Waals surface area contributed by atoms with Gasteiger partial charge in [-0.05, 0) is 55.2 Å². The summed E-state index contributed by atoms with van der Waals surface area (Å²) >= 11 is 0. The van der Waals surface area contributed by atoms with Crippen LogP contribution in [0.2, 0.25) is 0 Å². The van der Waals surface area contributed by atoms with Gasteiger partial charge in [0.2, 0.25) is 6.04 Å². The third-order valence-corrected chi connectivity index (χ3v) is 4.86. The van der Waals surface area contributed by atoms with Crippen molar-refractivity contribution < 1.29 is 19.2 Å². The fourth-order valence-electron chi connectivity index (χ4n) is 3.13. The Bertz CT molecular complexity index is 1070. The number of carbonyl (C=O) groups is 4. The van der Waals surface area contributed by atoms with Gasteiger partial charge in [0.1, 0.15) is 0 Å². The number of aryl methyl sites for hydroxylation is 2. The first-order valence-electron chi connectivity index (χ1n) is 9.67. The van der Waals surface area contributed by atoms with Gasteiger partial charge in [0.25, 0.3) is 17.7 Å². The molecular formula is C22H22N4O4. The summed E-state index contributed by atoms with van der Waals surface area (Å²) in [4.78, 5) is 48.2. The van der Waals surface area contributed by atoms with E-state index in [9.17, 15) is 19.2 Å². The number of rotatable bonds is 7. The van der Waals surface area contributed by atoms with Gasteiger partial charge in [-0.3, -0.25) is 24.5 Å². The van der Waals surface area contributed by atoms with Crippen LogP contribution in [-0.2, 0) is 22.4 Å². The van der Waals surface area contributed by atoms with E-state index in [2.05, 4.69) is 20.9 Å². The van der Waals surface area contributed by atoms with Gasteiger partial charge in [-0.25, -0.2) is 0 Å². The summed E-state index contributed by atoms with van der Waals surface area (Å²) in [6.07, 6.45) is 1.54. The third kappa shape index (κ3) is 4.32. The van der Waals surface area contributed by atoms with Crippen molar-refractivity contribution in [3.8, 4) is 0 Å². The number of imide groups is 1. The molecule has 2 aromatic rings. The second kappa shape index (κ2) is 8.77. The summed E-state index contributed by atoms with van der Waals surface area (Å²) in [5, 5.41) is 12.8. The fraction of sp³-hybridized carbons (Fsp3) is 0.273. The Labute approximate surface area is 173 Å². The molecule has 8 heteroatoms. The van der Waals surface area contributed by atoms with Crippen LogP contribution in [0.1, 0.15) is 52.6 Å². The van der Waals surface area contributed by atoms with E-state index in [1.165, 1.54) is 25.1 Å². The average molecular weight is 406 g/mol. The predicted molar refractivity (Wildman–Crippen MR) is 111 cm³/mol.